The fourth-order valence-corrected chi connectivity index (χ4v) is 10.4. The van der Waals surface area contributed by atoms with Gasteiger partial charge in [0.15, 0.2) is 0 Å². The summed E-state index contributed by atoms with van der Waals surface area (Å²) in [5, 5.41) is 6.95. The second-order valence-corrected chi connectivity index (χ2v) is 15.5. The van der Waals surface area contributed by atoms with Gasteiger partial charge in [0.05, 0.1) is 33.2 Å². The van der Waals surface area contributed by atoms with E-state index in [-0.39, 0.29) is 0 Å². The molecular weight excluding hydrogens is 707 g/mol. The first-order valence-corrected chi connectivity index (χ1v) is 19.9. The molecule has 0 saturated carbocycles. The van der Waals surface area contributed by atoms with E-state index in [0.717, 1.165) is 38.8 Å². The van der Waals surface area contributed by atoms with Crippen molar-refractivity contribution >= 4 is 65.7 Å². The summed E-state index contributed by atoms with van der Waals surface area (Å²) in [4.78, 5) is 4.49. The minimum absolute atomic E-state index is 0.475. The molecule has 0 radical (unpaired) electrons. The van der Waals surface area contributed by atoms with Crippen molar-refractivity contribution in [2.24, 2.45) is 0 Å². The number of benzene rings is 8. The summed E-state index contributed by atoms with van der Waals surface area (Å²) in [6.07, 6.45) is 1.78. The highest BCUT2D eigenvalue weighted by atomic mass is 16.3. The van der Waals surface area contributed by atoms with Crippen LogP contribution in [0, 0.1) is 0 Å². The Bertz CT molecular complexity index is 3600. The lowest BCUT2D eigenvalue weighted by atomic mass is 9.67. The first kappa shape index (κ1) is 31.5. The predicted octanol–water partition coefficient (Wildman–Crippen LogP) is 13.5. The zero-order valence-electron chi connectivity index (χ0n) is 31.3. The van der Waals surface area contributed by atoms with Gasteiger partial charge in [0.2, 0.25) is 5.71 Å². The van der Waals surface area contributed by atoms with Crippen LogP contribution in [0.4, 0.5) is 0 Å². The summed E-state index contributed by atoms with van der Waals surface area (Å²) < 4.78 is 11.0. The quantitative estimate of drug-likeness (QED) is 0.180. The molecule has 8 aromatic carbocycles. The van der Waals surface area contributed by atoms with Crippen molar-refractivity contribution < 1.29 is 4.42 Å². The van der Waals surface area contributed by atoms with Gasteiger partial charge in [-0.3, -0.25) is 0 Å². The van der Waals surface area contributed by atoms with Gasteiger partial charge in [0.1, 0.15) is 5.58 Å². The van der Waals surface area contributed by atoms with Gasteiger partial charge < -0.3 is 13.6 Å². The number of nitrogens with zero attached hydrogens (tertiary/aromatic N) is 3. The van der Waals surface area contributed by atoms with Gasteiger partial charge in [-0.25, -0.2) is 4.98 Å². The molecular formula is C54H33N3O. The standard InChI is InChI=1S/C54H33N3O/c1-2-14-34(15-3-1)54(44-21-8-4-16-37(44)38-17-5-9-22-45(38)54)35-27-29-48-42(32-35)39-18-6-10-23-46(39)57(48)50-26-12-25-49-52(50)41-19-7-11-24-47(41)56(49)36-28-30-51-43(33-36)40-20-13-31-55-53(40)58-51/h1-33H. The Morgan fingerprint density at radius 3 is 1.88 bits per heavy atom. The van der Waals surface area contributed by atoms with E-state index in [1.807, 2.05) is 6.07 Å². The molecule has 4 heterocycles. The Hall–Kier alpha value is -7.69. The van der Waals surface area contributed by atoms with Crippen molar-refractivity contribution in [1.82, 2.24) is 14.1 Å². The average molecular weight is 740 g/mol. The monoisotopic (exact) mass is 739 g/mol. The molecule has 12 aromatic rings. The largest absolute Gasteiger partial charge is 0.438 e. The molecule has 4 heteroatoms. The van der Waals surface area contributed by atoms with Crippen LogP contribution < -0.4 is 0 Å². The van der Waals surface area contributed by atoms with Crippen LogP contribution in [-0.4, -0.2) is 14.1 Å². The maximum absolute atomic E-state index is 6.13. The average Bonchev–Trinajstić information content (AvgIpc) is 4.02. The molecule has 0 unspecified atom stereocenters. The first-order chi connectivity index (χ1) is 28.8. The number of pyridine rings is 1. The van der Waals surface area contributed by atoms with Crippen LogP contribution in [0.5, 0.6) is 0 Å². The fraction of sp³-hybridized carbons (Fsp3) is 0.0185. The third kappa shape index (κ3) is 4.05. The van der Waals surface area contributed by atoms with E-state index in [4.69, 9.17) is 4.42 Å². The van der Waals surface area contributed by atoms with Crippen molar-refractivity contribution in [2.75, 3.05) is 0 Å². The summed E-state index contributed by atoms with van der Waals surface area (Å²) >= 11 is 0. The molecule has 13 rings (SSSR count). The number of rotatable bonds is 4. The molecule has 0 bridgehead atoms. The molecule has 0 spiro atoms. The Labute approximate surface area is 333 Å². The minimum atomic E-state index is -0.475. The molecule has 0 fully saturated rings. The fourth-order valence-electron chi connectivity index (χ4n) is 10.4. The number of fused-ring (bicyclic) bond motifs is 12. The van der Waals surface area contributed by atoms with Gasteiger partial charge in [-0.05, 0) is 100 Å². The zero-order chi connectivity index (χ0) is 38.0. The summed E-state index contributed by atoms with van der Waals surface area (Å²) in [6, 6.07) is 71.2. The highest BCUT2D eigenvalue weighted by molar-refractivity contribution is 6.17. The summed E-state index contributed by atoms with van der Waals surface area (Å²) in [7, 11) is 0. The van der Waals surface area contributed by atoms with Crippen molar-refractivity contribution in [3.05, 3.63) is 223 Å². The highest BCUT2D eigenvalue weighted by Gasteiger charge is 2.46. The van der Waals surface area contributed by atoms with Crippen LogP contribution >= 0.6 is 0 Å². The van der Waals surface area contributed by atoms with Crippen molar-refractivity contribution in [3.63, 3.8) is 0 Å². The molecule has 4 aromatic heterocycles. The predicted molar refractivity (Wildman–Crippen MR) is 237 cm³/mol. The van der Waals surface area contributed by atoms with Gasteiger partial charge in [0.25, 0.3) is 0 Å². The van der Waals surface area contributed by atoms with E-state index in [0.29, 0.717) is 5.71 Å². The SMILES string of the molecule is c1ccc(C2(c3ccc4c(c3)c3ccccc3n4-c3cccc4c3c3ccccc3n4-c3ccc4oc5ncccc5c4c3)c3ccccc3-c3ccccc32)cc1. The topological polar surface area (TPSA) is 35.9 Å². The molecule has 4 nitrogen and oxygen atoms in total. The Morgan fingerprint density at radius 2 is 1.07 bits per heavy atom. The molecule has 0 aliphatic heterocycles. The van der Waals surface area contributed by atoms with E-state index in [1.165, 1.54) is 66.0 Å². The normalized spacial score (nSPS) is 13.3. The van der Waals surface area contributed by atoms with E-state index in [2.05, 4.69) is 202 Å². The lowest BCUT2D eigenvalue weighted by Crippen LogP contribution is -2.28. The summed E-state index contributed by atoms with van der Waals surface area (Å²) in [5.74, 6) is 0. The van der Waals surface area contributed by atoms with Crippen LogP contribution in [0.1, 0.15) is 22.3 Å². The summed E-state index contributed by atoms with van der Waals surface area (Å²) in [6.45, 7) is 0. The molecule has 58 heavy (non-hydrogen) atoms. The third-order valence-electron chi connectivity index (χ3n) is 12.7. The van der Waals surface area contributed by atoms with Gasteiger partial charge >= 0.3 is 0 Å². The summed E-state index contributed by atoms with van der Waals surface area (Å²) in [5.41, 5.74) is 15.7. The number of hydrogen-bond acceptors (Lipinski definition) is 2. The maximum Gasteiger partial charge on any atom is 0.227 e. The van der Waals surface area contributed by atoms with Gasteiger partial charge in [-0.15, -0.1) is 0 Å². The van der Waals surface area contributed by atoms with Crippen LogP contribution in [-0.2, 0) is 5.41 Å². The van der Waals surface area contributed by atoms with Gasteiger partial charge in [-0.2, -0.15) is 0 Å². The Morgan fingerprint density at radius 1 is 0.414 bits per heavy atom. The second kappa shape index (κ2) is 11.7. The van der Waals surface area contributed by atoms with Crippen LogP contribution in [0.2, 0.25) is 0 Å². The number of para-hydroxylation sites is 2. The second-order valence-electron chi connectivity index (χ2n) is 15.5. The lowest BCUT2D eigenvalue weighted by Gasteiger charge is -2.34. The molecule has 0 saturated heterocycles. The molecule has 0 N–H and O–H groups in total. The van der Waals surface area contributed by atoms with Crippen molar-refractivity contribution in [1.29, 1.82) is 0 Å². The van der Waals surface area contributed by atoms with E-state index in [1.54, 1.807) is 6.20 Å². The maximum atomic E-state index is 6.13. The van der Waals surface area contributed by atoms with E-state index >= 15 is 0 Å². The van der Waals surface area contributed by atoms with Crippen molar-refractivity contribution in [2.45, 2.75) is 5.41 Å². The molecule has 270 valence electrons. The van der Waals surface area contributed by atoms with Gasteiger partial charge in [0, 0.05) is 44.2 Å². The number of furan rings is 1. The third-order valence-corrected chi connectivity index (χ3v) is 12.7. The van der Waals surface area contributed by atoms with E-state index < -0.39 is 5.41 Å². The molecule has 0 amide bonds. The van der Waals surface area contributed by atoms with Gasteiger partial charge in [-0.1, -0.05) is 127 Å². The van der Waals surface area contributed by atoms with Crippen LogP contribution in [0.15, 0.2) is 205 Å². The molecule has 0 atom stereocenters. The first-order valence-electron chi connectivity index (χ1n) is 19.9. The Balaban J connectivity index is 1.09. The molecule has 1 aliphatic rings. The number of aromatic nitrogens is 3. The lowest BCUT2D eigenvalue weighted by molar-refractivity contribution is 0.654. The zero-order valence-corrected chi connectivity index (χ0v) is 31.3. The Kier molecular flexibility index (Phi) is 6.34. The molecule has 1 aliphatic carbocycles. The highest BCUT2D eigenvalue weighted by Crippen LogP contribution is 2.56. The van der Waals surface area contributed by atoms with Crippen LogP contribution in [0.25, 0.3) is 88.2 Å². The van der Waals surface area contributed by atoms with E-state index in [9.17, 15) is 0 Å². The smallest absolute Gasteiger partial charge is 0.227 e. The van der Waals surface area contributed by atoms with Crippen LogP contribution in [0.3, 0.4) is 0 Å². The number of hydrogen-bond donors (Lipinski definition) is 0. The minimum Gasteiger partial charge on any atom is -0.438 e. The van der Waals surface area contributed by atoms with Crippen molar-refractivity contribution in [3.8, 4) is 22.5 Å².